The van der Waals surface area contributed by atoms with Gasteiger partial charge in [-0.2, -0.15) is 5.10 Å². The third-order valence-electron chi connectivity index (χ3n) is 5.92. The number of aromatic nitrogens is 2. The number of rotatable bonds is 7. The molecule has 0 aliphatic carbocycles. The van der Waals surface area contributed by atoms with E-state index in [0.29, 0.717) is 25.4 Å². The lowest BCUT2D eigenvalue weighted by atomic mass is 9.95. The van der Waals surface area contributed by atoms with Crippen molar-refractivity contribution in [3.05, 3.63) is 47.3 Å². The number of carbonyl (C=O) groups is 2. The SMILES string of the molecule is Cc1nn(CC(C)C)c(C)c1CCC(=O)N1CCC(C(=O)Nc2ccccc2)CC1. The molecule has 0 unspecified atom stereocenters. The van der Waals surface area contributed by atoms with E-state index in [0.717, 1.165) is 37.2 Å². The quantitative estimate of drug-likeness (QED) is 0.751. The minimum Gasteiger partial charge on any atom is -0.343 e. The lowest BCUT2D eigenvalue weighted by Crippen LogP contribution is -2.41. The standard InChI is InChI=1S/C24H34N4O2/c1-17(2)16-28-19(4)22(18(3)26-28)10-11-23(29)27-14-12-20(13-15-27)24(30)25-21-8-6-5-7-9-21/h5-9,17,20H,10-16H2,1-4H3,(H,25,30). The van der Waals surface area contributed by atoms with Gasteiger partial charge in [0.2, 0.25) is 11.8 Å². The molecule has 0 bridgehead atoms. The van der Waals surface area contributed by atoms with Crippen LogP contribution in [0.25, 0.3) is 0 Å². The number of hydrogen-bond donors (Lipinski definition) is 1. The minimum absolute atomic E-state index is 0.0342. The Hall–Kier alpha value is -2.63. The second-order valence-electron chi connectivity index (χ2n) is 8.74. The van der Waals surface area contributed by atoms with Crippen molar-refractivity contribution in [3.63, 3.8) is 0 Å². The molecule has 1 aliphatic heterocycles. The second kappa shape index (κ2) is 9.92. The maximum atomic E-state index is 12.7. The van der Waals surface area contributed by atoms with Crippen LogP contribution in [0.2, 0.25) is 0 Å². The van der Waals surface area contributed by atoms with Crippen molar-refractivity contribution < 1.29 is 9.59 Å². The smallest absolute Gasteiger partial charge is 0.227 e. The summed E-state index contributed by atoms with van der Waals surface area (Å²) in [4.78, 5) is 27.1. The van der Waals surface area contributed by atoms with Gasteiger partial charge in [0.25, 0.3) is 0 Å². The molecule has 162 valence electrons. The number of amides is 2. The maximum absolute atomic E-state index is 12.7. The number of piperidine rings is 1. The Morgan fingerprint density at radius 3 is 2.43 bits per heavy atom. The van der Waals surface area contributed by atoms with Gasteiger partial charge in [-0.25, -0.2) is 0 Å². The van der Waals surface area contributed by atoms with E-state index in [1.807, 2.05) is 42.2 Å². The van der Waals surface area contributed by atoms with Gasteiger partial charge in [-0.05, 0) is 56.7 Å². The van der Waals surface area contributed by atoms with Crippen LogP contribution in [0.15, 0.2) is 30.3 Å². The molecule has 1 saturated heterocycles. The fourth-order valence-electron chi connectivity index (χ4n) is 4.17. The van der Waals surface area contributed by atoms with E-state index in [4.69, 9.17) is 0 Å². The van der Waals surface area contributed by atoms with Crippen LogP contribution in [0.1, 0.15) is 50.1 Å². The number of likely N-dealkylation sites (tertiary alicyclic amines) is 1. The first-order chi connectivity index (χ1) is 14.3. The topological polar surface area (TPSA) is 67.2 Å². The molecular weight excluding hydrogens is 376 g/mol. The number of aryl methyl sites for hydroxylation is 1. The summed E-state index contributed by atoms with van der Waals surface area (Å²) in [5.74, 6) is 0.732. The van der Waals surface area contributed by atoms with E-state index >= 15 is 0 Å². The predicted molar refractivity (Wildman–Crippen MR) is 119 cm³/mol. The normalized spacial score (nSPS) is 14.9. The molecule has 6 heteroatoms. The van der Waals surface area contributed by atoms with Crippen molar-refractivity contribution in [1.29, 1.82) is 0 Å². The Labute approximate surface area is 179 Å². The summed E-state index contributed by atoms with van der Waals surface area (Å²) < 4.78 is 2.07. The van der Waals surface area contributed by atoms with Gasteiger partial charge in [-0.15, -0.1) is 0 Å². The monoisotopic (exact) mass is 410 g/mol. The average molecular weight is 411 g/mol. The first-order valence-electron chi connectivity index (χ1n) is 11.0. The molecule has 0 radical (unpaired) electrons. The minimum atomic E-state index is -0.0342. The van der Waals surface area contributed by atoms with Crippen molar-refractivity contribution in [2.75, 3.05) is 18.4 Å². The zero-order chi connectivity index (χ0) is 21.7. The molecule has 1 aromatic heterocycles. The number of benzene rings is 1. The predicted octanol–water partition coefficient (Wildman–Crippen LogP) is 3.97. The summed E-state index contributed by atoms with van der Waals surface area (Å²) in [6, 6.07) is 9.53. The summed E-state index contributed by atoms with van der Waals surface area (Å²) in [5.41, 5.74) is 4.22. The molecule has 1 fully saturated rings. The van der Waals surface area contributed by atoms with Crippen molar-refractivity contribution in [1.82, 2.24) is 14.7 Å². The van der Waals surface area contributed by atoms with Gasteiger partial charge in [-0.3, -0.25) is 14.3 Å². The van der Waals surface area contributed by atoms with E-state index in [-0.39, 0.29) is 17.7 Å². The van der Waals surface area contributed by atoms with E-state index in [9.17, 15) is 9.59 Å². The number of hydrogen-bond acceptors (Lipinski definition) is 3. The van der Waals surface area contributed by atoms with Crippen LogP contribution >= 0.6 is 0 Å². The molecular formula is C24H34N4O2. The lowest BCUT2D eigenvalue weighted by molar-refractivity contribution is -0.134. The highest BCUT2D eigenvalue weighted by Crippen LogP contribution is 2.22. The Morgan fingerprint density at radius 1 is 1.13 bits per heavy atom. The molecule has 0 saturated carbocycles. The van der Waals surface area contributed by atoms with Crippen molar-refractivity contribution in [2.45, 2.75) is 59.9 Å². The first kappa shape index (κ1) is 22.1. The molecule has 1 N–H and O–H groups in total. The van der Waals surface area contributed by atoms with Gasteiger partial charge in [0.1, 0.15) is 0 Å². The van der Waals surface area contributed by atoms with E-state index in [1.165, 1.54) is 11.3 Å². The molecule has 30 heavy (non-hydrogen) atoms. The average Bonchev–Trinajstić information content (AvgIpc) is 2.99. The van der Waals surface area contributed by atoms with Gasteiger partial charge < -0.3 is 10.2 Å². The number of anilines is 1. The zero-order valence-electron chi connectivity index (χ0n) is 18.6. The highest BCUT2D eigenvalue weighted by atomic mass is 16.2. The van der Waals surface area contributed by atoms with Crippen LogP contribution in [0.5, 0.6) is 0 Å². The lowest BCUT2D eigenvalue weighted by Gasteiger charge is -2.31. The fourth-order valence-corrected chi connectivity index (χ4v) is 4.17. The van der Waals surface area contributed by atoms with Gasteiger partial charge in [-0.1, -0.05) is 32.0 Å². The van der Waals surface area contributed by atoms with Crippen LogP contribution in [0, 0.1) is 25.7 Å². The molecule has 1 aromatic carbocycles. The van der Waals surface area contributed by atoms with Crippen molar-refractivity contribution in [3.8, 4) is 0 Å². The highest BCUT2D eigenvalue weighted by molar-refractivity contribution is 5.92. The number of nitrogens with zero attached hydrogens (tertiary/aromatic N) is 3. The Bertz CT molecular complexity index is 865. The molecule has 3 rings (SSSR count). The van der Waals surface area contributed by atoms with Crippen LogP contribution in [-0.2, 0) is 22.6 Å². The van der Waals surface area contributed by atoms with E-state index in [2.05, 4.69) is 35.9 Å². The largest absolute Gasteiger partial charge is 0.343 e. The van der Waals surface area contributed by atoms with Gasteiger partial charge in [0.15, 0.2) is 0 Å². The van der Waals surface area contributed by atoms with Crippen LogP contribution in [0.4, 0.5) is 5.69 Å². The molecule has 6 nitrogen and oxygen atoms in total. The maximum Gasteiger partial charge on any atom is 0.227 e. The molecule has 2 aromatic rings. The van der Waals surface area contributed by atoms with Crippen LogP contribution in [0.3, 0.4) is 0 Å². The number of para-hydroxylation sites is 1. The molecule has 2 amide bonds. The van der Waals surface area contributed by atoms with Crippen LogP contribution in [-0.4, -0.2) is 39.6 Å². The Morgan fingerprint density at radius 2 is 1.80 bits per heavy atom. The van der Waals surface area contributed by atoms with Gasteiger partial charge >= 0.3 is 0 Å². The highest BCUT2D eigenvalue weighted by Gasteiger charge is 2.27. The molecule has 0 spiro atoms. The van der Waals surface area contributed by atoms with Gasteiger partial charge in [0.05, 0.1) is 5.69 Å². The third-order valence-corrected chi connectivity index (χ3v) is 5.92. The summed E-state index contributed by atoms with van der Waals surface area (Å²) in [6.45, 7) is 10.7. The Balaban J connectivity index is 1.48. The molecule has 0 atom stereocenters. The summed E-state index contributed by atoms with van der Waals surface area (Å²) in [5, 5.41) is 7.63. The van der Waals surface area contributed by atoms with E-state index in [1.54, 1.807) is 0 Å². The number of carbonyl (C=O) groups excluding carboxylic acids is 2. The fraction of sp³-hybridized carbons (Fsp3) is 0.542. The van der Waals surface area contributed by atoms with Crippen molar-refractivity contribution >= 4 is 17.5 Å². The second-order valence-corrected chi connectivity index (χ2v) is 8.74. The van der Waals surface area contributed by atoms with E-state index < -0.39 is 0 Å². The summed E-state index contributed by atoms with van der Waals surface area (Å²) in [7, 11) is 0. The Kier molecular flexibility index (Phi) is 7.29. The zero-order valence-corrected chi connectivity index (χ0v) is 18.6. The molecule has 1 aliphatic rings. The van der Waals surface area contributed by atoms with Crippen LogP contribution < -0.4 is 5.32 Å². The molecule has 2 heterocycles. The summed E-state index contributed by atoms with van der Waals surface area (Å²) in [6.07, 6.45) is 2.66. The first-order valence-corrected chi connectivity index (χ1v) is 11.0. The van der Waals surface area contributed by atoms with Crippen molar-refractivity contribution in [2.24, 2.45) is 11.8 Å². The number of nitrogens with one attached hydrogen (secondary N) is 1. The third kappa shape index (κ3) is 5.49. The van der Waals surface area contributed by atoms with Gasteiger partial charge in [0, 0.05) is 43.4 Å². The summed E-state index contributed by atoms with van der Waals surface area (Å²) >= 11 is 0.